The number of aryl methyl sites for hydroxylation is 1. The van der Waals surface area contributed by atoms with Gasteiger partial charge in [-0.3, -0.25) is 9.21 Å². The van der Waals surface area contributed by atoms with E-state index in [1.165, 1.54) is 40.7 Å². The summed E-state index contributed by atoms with van der Waals surface area (Å²) in [6, 6.07) is 15.8. The van der Waals surface area contributed by atoms with Gasteiger partial charge in [0.2, 0.25) is 0 Å². The highest BCUT2D eigenvalue weighted by Crippen LogP contribution is 2.36. The van der Waals surface area contributed by atoms with E-state index in [1.807, 2.05) is 12.1 Å². The Kier molecular flexibility index (Phi) is 7.09. The molecule has 1 unspecified atom stereocenters. The van der Waals surface area contributed by atoms with Crippen LogP contribution in [0.1, 0.15) is 30.5 Å². The first-order chi connectivity index (χ1) is 17.8. The van der Waals surface area contributed by atoms with E-state index in [1.54, 1.807) is 13.2 Å². The molecule has 0 bridgehead atoms. The zero-order valence-corrected chi connectivity index (χ0v) is 21.8. The summed E-state index contributed by atoms with van der Waals surface area (Å²) in [7, 11) is -2.22. The second kappa shape index (κ2) is 10.3. The lowest BCUT2D eigenvalue weighted by Gasteiger charge is -2.40. The average Bonchev–Trinajstić information content (AvgIpc) is 2.92. The molecule has 3 aromatic rings. The SMILES string of the molecule is COc1cc(F)ccc1N1CCN(C(C)c2ccc3c(c2)CCCN3S(=O)(=O)c2ccc(F)cc2)CC1. The monoisotopic (exact) mass is 527 g/mol. The van der Waals surface area contributed by atoms with Crippen LogP contribution >= 0.6 is 0 Å². The number of fused-ring (bicyclic) bond motifs is 1. The van der Waals surface area contributed by atoms with Gasteiger partial charge < -0.3 is 9.64 Å². The van der Waals surface area contributed by atoms with Crippen LogP contribution in [0.5, 0.6) is 5.75 Å². The molecule has 196 valence electrons. The van der Waals surface area contributed by atoms with Crippen molar-refractivity contribution in [2.45, 2.75) is 30.7 Å². The Hall–Kier alpha value is -3.17. The third-order valence-corrected chi connectivity index (χ3v) is 9.24. The minimum absolute atomic E-state index is 0.0925. The highest BCUT2D eigenvalue weighted by atomic mass is 32.2. The Balaban J connectivity index is 1.31. The normalized spacial score (nSPS) is 17.4. The maximum absolute atomic E-state index is 13.6. The fourth-order valence-corrected chi connectivity index (χ4v) is 6.84. The van der Waals surface area contributed by atoms with Gasteiger partial charge in [0.15, 0.2) is 0 Å². The molecule has 0 aromatic heterocycles. The lowest BCUT2D eigenvalue weighted by Crippen LogP contribution is -2.47. The first-order valence-corrected chi connectivity index (χ1v) is 14.0. The van der Waals surface area contributed by atoms with Crippen molar-refractivity contribution in [3.05, 3.63) is 83.4 Å². The van der Waals surface area contributed by atoms with E-state index in [9.17, 15) is 17.2 Å². The van der Waals surface area contributed by atoms with E-state index in [4.69, 9.17) is 4.74 Å². The molecule has 37 heavy (non-hydrogen) atoms. The third kappa shape index (κ3) is 5.02. The number of nitrogens with zero attached hydrogens (tertiary/aromatic N) is 3. The van der Waals surface area contributed by atoms with Crippen LogP contribution in [0.25, 0.3) is 0 Å². The highest BCUT2D eigenvalue weighted by molar-refractivity contribution is 7.92. The summed E-state index contributed by atoms with van der Waals surface area (Å²) in [6.07, 6.45) is 1.53. The van der Waals surface area contributed by atoms with Crippen molar-refractivity contribution in [1.29, 1.82) is 0 Å². The number of hydrogen-bond acceptors (Lipinski definition) is 5. The summed E-state index contributed by atoms with van der Waals surface area (Å²) in [6.45, 7) is 5.83. The van der Waals surface area contributed by atoms with Gasteiger partial charge in [-0.05, 0) is 73.4 Å². The number of hydrogen-bond donors (Lipinski definition) is 0. The zero-order chi connectivity index (χ0) is 26.2. The number of sulfonamides is 1. The smallest absolute Gasteiger partial charge is 0.264 e. The van der Waals surface area contributed by atoms with Crippen molar-refractivity contribution >= 4 is 21.4 Å². The predicted molar refractivity (Wildman–Crippen MR) is 141 cm³/mol. The standard InChI is InChI=1S/C28H31F2N3O3S/c1-20(31-14-16-32(17-15-31)27-12-8-24(30)19-28(27)36-2)21-5-11-26-22(18-21)4-3-13-33(26)37(34,35)25-9-6-23(29)7-10-25/h5-12,18-20H,3-4,13-17H2,1-2H3. The third-order valence-electron chi connectivity index (χ3n) is 7.41. The zero-order valence-electron chi connectivity index (χ0n) is 21.0. The van der Waals surface area contributed by atoms with E-state index in [-0.39, 0.29) is 16.8 Å². The minimum atomic E-state index is -3.77. The van der Waals surface area contributed by atoms with Crippen molar-refractivity contribution in [2.24, 2.45) is 0 Å². The molecular weight excluding hydrogens is 496 g/mol. The number of ether oxygens (including phenoxy) is 1. The molecule has 0 saturated carbocycles. The summed E-state index contributed by atoms with van der Waals surface area (Å²) in [5.41, 5.74) is 3.75. The van der Waals surface area contributed by atoms with Crippen LogP contribution in [-0.4, -0.2) is 53.2 Å². The number of rotatable bonds is 6. The van der Waals surface area contributed by atoms with Crippen molar-refractivity contribution in [2.75, 3.05) is 49.0 Å². The lowest BCUT2D eigenvalue weighted by molar-refractivity contribution is 0.198. The van der Waals surface area contributed by atoms with Crippen molar-refractivity contribution < 1.29 is 21.9 Å². The Labute approximate surface area is 217 Å². The molecule has 5 rings (SSSR count). The van der Waals surface area contributed by atoms with Crippen LogP contribution in [0.3, 0.4) is 0 Å². The summed E-state index contributed by atoms with van der Waals surface area (Å²) < 4.78 is 60.4. The quantitative estimate of drug-likeness (QED) is 0.452. The van der Waals surface area contributed by atoms with Crippen LogP contribution < -0.4 is 13.9 Å². The lowest BCUT2D eigenvalue weighted by atomic mass is 9.97. The Morgan fingerprint density at radius 1 is 0.838 bits per heavy atom. The van der Waals surface area contributed by atoms with Crippen molar-refractivity contribution in [3.8, 4) is 5.75 Å². The number of methoxy groups -OCH3 is 1. The van der Waals surface area contributed by atoms with Gasteiger partial charge in [0.1, 0.15) is 17.4 Å². The highest BCUT2D eigenvalue weighted by Gasteiger charge is 2.30. The van der Waals surface area contributed by atoms with E-state index >= 15 is 0 Å². The van der Waals surface area contributed by atoms with E-state index in [2.05, 4.69) is 22.8 Å². The van der Waals surface area contributed by atoms with Crippen LogP contribution in [0.15, 0.2) is 65.6 Å². The Morgan fingerprint density at radius 3 is 2.22 bits per heavy atom. The molecule has 0 aliphatic carbocycles. The molecular formula is C28H31F2N3O3S. The van der Waals surface area contributed by atoms with E-state index in [0.717, 1.165) is 55.8 Å². The van der Waals surface area contributed by atoms with Crippen LogP contribution in [0.4, 0.5) is 20.2 Å². The molecule has 0 amide bonds. The van der Waals surface area contributed by atoms with Gasteiger partial charge >= 0.3 is 0 Å². The summed E-state index contributed by atoms with van der Waals surface area (Å²) in [5, 5.41) is 0. The molecule has 3 aromatic carbocycles. The van der Waals surface area contributed by atoms with Gasteiger partial charge in [0.05, 0.1) is 23.4 Å². The molecule has 2 aliphatic heterocycles. The largest absolute Gasteiger partial charge is 0.494 e. The van der Waals surface area contributed by atoms with Gasteiger partial charge in [-0.25, -0.2) is 17.2 Å². The molecule has 6 nitrogen and oxygen atoms in total. The molecule has 2 heterocycles. The molecule has 0 radical (unpaired) electrons. The van der Waals surface area contributed by atoms with Gasteiger partial charge in [0.25, 0.3) is 10.0 Å². The van der Waals surface area contributed by atoms with Gasteiger partial charge in [-0.2, -0.15) is 0 Å². The summed E-state index contributed by atoms with van der Waals surface area (Å²) in [4.78, 5) is 4.71. The van der Waals surface area contributed by atoms with Crippen LogP contribution in [0, 0.1) is 11.6 Å². The van der Waals surface area contributed by atoms with E-state index < -0.39 is 15.8 Å². The Bertz CT molecular complexity index is 1370. The first-order valence-electron chi connectivity index (χ1n) is 12.5. The average molecular weight is 528 g/mol. The molecule has 1 saturated heterocycles. The molecule has 0 N–H and O–H groups in total. The van der Waals surface area contributed by atoms with E-state index in [0.29, 0.717) is 18.0 Å². The molecule has 1 fully saturated rings. The summed E-state index contributed by atoms with van der Waals surface area (Å²) >= 11 is 0. The van der Waals surface area contributed by atoms with Gasteiger partial charge in [-0.1, -0.05) is 12.1 Å². The van der Waals surface area contributed by atoms with Crippen LogP contribution in [-0.2, 0) is 16.4 Å². The van der Waals surface area contributed by atoms with Gasteiger partial charge in [0, 0.05) is 44.8 Å². The molecule has 9 heteroatoms. The van der Waals surface area contributed by atoms with Crippen molar-refractivity contribution in [1.82, 2.24) is 4.90 Å². The topological polar surface area (TPSA) is 53.1 Å². The maximum atomic E-state index is 13.6. The fourth-order valence-electron chi connectivity index (χ4n) is 5.30. The van der Waals surface area contributed by atoms with Crippen LogP contribution in [0.2, 0.25) is 0 Å². The Morgan fingerprint density at radius 2 is 1.51 bits per heavy atom. The maximum Gasteiger partial charge on any atom is 0.264 e. The number of anilines is 2. The van der Waals surface area contributed by atoms with Gasteiger partial charge in [-0.15, -0.1) is 0 Å². The molecule has 2 aliphatic rings. The number of piperazine rings is 1. The molecule has 1 atom stereocenters. The fraction of sp³-hybridized carbons (Fsp3) is 0.357. The number of halogens is 2. The minimum Gasteiger partial charge on any atom is -0.494 e. The molecule has 0 spiro atoms. The first kappa shape index (κ1) is 25.5. The second-order valence-corrected chi connectivity index (χ2v) is 11.4. The van der Waals surface area contributed by atoms with Crippen molar-refractivity contribution in [3.63, 3.8) is 0 Å². The summed E-state index contributed by atoms with van der Waals surface area (Å²) in [5.74, 6) is -0.241. The number of benzene rings is 3. The predicted octanol–water partition coefficient (Wildman–Crippen LogP) is 5.00. The second-order valence-electron chi connectivity index (χ2n) is 9.54.